The summed E-state index contributed by atoms with van der Waals surface area (Å²) in [6.07, 6.45) is 0.317. The molecular weight excluding hydrogens is 274 g/mol. The van der Waals surface area contributed by atoms with Gasteiger partial charge in [0.15, 0.2) is 6.29 Å². The highest BCUT2D eigenvalue weighted by Gasteiger charge is 2.37. The zero-order chi connectivity index (χ0) is 14.8. The number of nitro benzene ring substituents is 1. The number of rotatable bonds is 5. The lowest BCUT2D eigenvalue weighted by Crippen LogP contribution is -2.30. The average molecular weight is 287 g/mol. The Bertz CT molecular complexity index is 620. The molecule has 104 valence electrons. The van der Waals surface area contributed by atoms with E-state index < -0.39 is 19.8 Å². The molecule has 1 aromatic carbocycles. The van der Waals surface area contributed by atoms with Crippen molar-refractivity contribution in [1.82, 2.24) is 0 Å². The predicted molar refractivity (Wildman–Crippen MR) is 67.4 cm³/mol. The second kappa shape index (κ2) is 5.06. The van der Waals surface area contributed by atoms with Gasteiger partial charge in [-0.3, -0.25) is 19.1 Å². The Morgan fingerprint density at radius 2 is 1.95 bits per heavy atom. The number of nitro groups is 1. The van der Waals surface area contributed by atoms with E-state index in [1.807, 2.05) is 0 Å². The highest BCUT2D eigenvalue weighted by Crippen LogP contribution is 2.32. The van der Waals surface area contributed by atoms with E-state index in [9.17, 15) is 23.3 Å². The summed E-state index contributed by atoms with van der Waals surface area (Å²) >= 11 is 0. The third kappa shape index (κ3) is 2.64. The van der Waals surface area contributed by atoms with Crippen LogP contribution in [-0.2, 0) is 19.0 Å². The van der Waals surface area contributed by atoms with Crippen molar-refractivity contribution in [3.8, 4) is 0 Å². The van der Waals surface area contributed by atoms with Crippen LogP contribution in [0.25, 0.3) is 0 Å². The Hall–Kier alpha value is -1.80. The molecule has 7 nitrogen and oxygen atoms in total. The van der Waals surface area contributed by atoms with Crippen LogP contribution in [0.1, 0.15) is 29.8 Å². The van der Waals surface area contributed by atoms with E-state index in [1.165, 1.54) is 26.0 Å². The van der Waals surface area contributed by atoms with Crippen molar-refractivity contribution >= 4 is 22.1 Å². The van der Waals surface area contributed by atoms with Crippen LogP contribution in [0.5, 0.6) is 0 Å². The largest absolute Gasteiger partial charge is 0.298 e. The molecule has 8 heteroatoms. The van der Waals surface area contributed by atoms with Gasteiger partial charge >= 0.3 is 0 Å². The highest BCUT2D eigenvalue weighted by molar-refractivity contribution is 7.87. The SMILES string of the molecule is COS(=O)(=O)C(C)(C)c1ccc([N+](=O)[O-])c(C=O)c1. The Labute approximate surface area is 110 Å². The molecule has 0 aliphatic heterocycles. The first-order chi connectivity index (χ1) is 8.67. The molecule has 0 amide bonds. The fourth-order valence-corrected chi connectivity index (χ4v) is 2.37. The molecular formula is C11H13NO6S. The molecule has 0 spiro atoms. The van der Waals surface area contributed by atoms with Gasteiger partial charge in [0.05, 0.1) is 17.6 Å². The molecule has 0 aliphatic carbocycles. The number of nitrogens with zero attached hydrogens (tertiary/aromatic N) is 1. The first-order valence-electron chi connectivity index (χ1n) is 5.21. The third-order valence-corrected chi connectivity index (χ3v) is 4.82. The molecule has 0 aromatic heterocycles. The molecule has 0 aliphatic rings. The molecule has 0 saturated heterocycles. The first kappa shape index (κ1) is 15.3. The van der Waals surface area contributed by atoms with E-state index in [0.717, 1.165) is 13.2 Å². The molecule has 0 heterocycles. The molecule has 0 saturated carbocycles. The minimum absolute atomic E-state index is 0.179. The maximum Gasteiger partial charge on any atom is 0.279 e. The predicted octanol–water partition coefficient (Wildman–Crippen LogP) is 1.62. The van der Waals surface area contributed by atoms with Gasteiger partial charge in [-0.1, -0.05) is 6.07 Å². The number of benzene rings is 1. The fourth-order valence-electron chi connectivity index (χ4n) is 1.54. The number of hydrogen-bond donors (Lipinski definition) is 0. The maximum absolute atomic E-state index is 11.8. The number of carbonyl (C=O) groups excluding carboxylic acids is 1. The van der Waals surface area contributed by atoms with E-state index in [2.05, 4.69) is 4.18 Å². The van der Waals surface area contributed by atoms with Crippen LogP contribution >= 0.6 is 0 Å². The summed E-state index contributed by atoms with van der Waals surface area (Å²) in [5.74, 6) is 0. The summed E-state index contributed by atoms with van der Waals surface area (Å²) < 4.78 is 26.6. The summed E-state index contributed by atoms with van der Waals surface area (Å²) in [5, 5.41) is 10.7. The van der Waals surface area contributed by atoms with Crippen LogP contribution in [0, 0.1) is 10.1 Å². The van der Waals surface area contributed by atoms with Crippen LogP contribution in [0.4, 0.5) is 5.69 Å². The number of carbonyl (C=O) groups is 1. The lowest BCUT2D eigenvalue weighted by atomic mass is 9.99. The van der Waals surface area contributed by atoms with Gasteiger partial charge in [0.25, 0.3) is 15.8 Å². The van der Waals surface area contributed by atoms with Crippen molar-refractivity contribution in [2.24, 2.45) is 0 Å². The Morgan fingerprint density at radius 1 is 1.37 bits per heavy atom. The molecule has 1 aromatic rings. The summed E-state index contributed by atoms with van der Waals surface area (Å²) in [7, 11) is -2.86. The van der Waals surface area contributed by atoms with Crippen molar-refractivity contribution in [2.75, 3.05) is 7.11 Å². The van der Waals surface area contributed by atoms with E-state index in [0.29, 0.717) is 6.29 Å². The average Bonchev–Trinajstić information content (AvgIpc) is 2.37. The summed E-state index contributed by atoms with van der Waals surface area (Å²) in [6, 6.07) is 3.58. The van der Waals surface area contributed by atoms with Gasteiger partial charge in [0, 0.05) is 6.07 Å². The normalized spacial score (nSPS) is 12.2. The van der Waals surface area contributed by atoms with Crippen molar-refractivity contribution in [3.63, 3.8) is 0 Å². The van der Waals surface area contributed by atoms with Crippen LogP contribution in [0.3, 0.4) is 0 Å². The molecule has 0 radical (unpaired) electrons. The summed E-state index contributed by atoms with van der Waals surface area (Å²) in [5.41, 5.74) is -0.312. The second-order valence-corrected chi connectivity index (χ2v) is 6.54. The molecule has 0 unspecified atom stereocenters. The number of hydrogen-bond acceptors (Lipinski definition) is 6. The zero-order valence-electron chi connectivity index (χ0n) is 10.6. The van der Waals surface area contributed by atoms with E-state index in [4.69, 9.17) is 0 Å². The topological polar surface area (TPSA) is 104 Å². The van der Waals surface area contributed by atoms with Gasteiger partial charge in [-0.2, -0.15) is 8.42 Å². The van der Waals surface area contributed by atoms with Gasteiger partial charge < -0.3 is 0 Å². The molecule has 0 N–H and O–H groups in total. The smallest absolute Gasteiger partial charge is 0.279 e. The van der Waals surface area contributed by atoms with Gasteiger partial charge in [0.2, 0.25) is 0 Å². The van der Waals surface area contributed by atoms with Crippen molar-refractivity contribution in [3.05, 3.63) is 39.4 Å². The van der Waals surface area contributed by atoms with Crippen LogP contribution in [-0.4, -0.2) is 26.7 Å². The fraction of sp³-hybridized carbons (Fsp3) is 0.364. The van der Waals surface area contributed by atoms with Gasteiger partial charge in [-0.15, -0.1) is 0 Å². The maximum atomic E-state index is 11.8. The Kier molecular flexibility index (Phi) is 4.06. The first-order valence-corrected chi connectivity index (χ1v) is 6.62. The van der Waals surface area contributed by atoms with Crippen molar-refractivity contribution in [1.29, 1.82) is 0 Å². The monoisotopic (exact) mass is 287 g/mol. The Morgan fingerprint density at radius 3 is 2.37 bits per heavy atom. The number of aldehydes is 1. The Balaban J connectivity index is 3.47. The molecule has 1 rings (SSSR count). The highest BCUT2D eigenvalue weighted by atomic mass is 32.2. The van der Waals surface area contributed by atoms with Crippen LogP contribution in [0.2, 0.25) is 0 Å². The van der Waals surface area contributed by atoms with Crippen molar-refractivity contribution in [2.45, 2.75) is 18.6 Å². The molecule has 0 atom stereocenters. The van der Waals surface area contributed by atoms with Gasteiger partial charge in [0.1, 0.15) is 4.75 Å². The van der Waals surface area contributed by atoms with Crippen LogP contribution in [0.15, 0.2) is 18.2 Å². The van der Waals surface area contributed by atoms with Gasteiger partial charge in [-0.25, -0.2) is 0 Å². The summed E-state index contributed by atoms with van der Waals surface area (Å²) in [4.78, 5) is 20.8. The minimum Gasteiger partial charge on any atom is -0.298 e. The second-order valence-electron chi connectivity index (χ2n) is 4.28. The minimum atomic E-state index is -3.89. The van der Waals surface area contributed by atoms with E-state index in [1.54, 1.807) is 0 Å². The summed E-state index contributed by atoms with van der Waals surface area (Å²) in [6.45, 7) is 2.78. The lowest BCUT2D eigenvalue weighted by molar-refractivity contribution is -0.385. The van der Waals surface area contributed by atoms with E-state index >= 15 is 0 Å². The lowest BCUT2D eigenvalue weighted by Gasteiger charge is -2.23. The van der Waals surface area contributed by atoms with E-state index in [-0.39, 0.29) is 16.8 Å². The van der Waals surface area contributed by atoms with Crippen LogP contribution < -0.4 is 0 Å². The molecule has 19 heavy (non-hydrogen) atoms. The van der Waals surface area contributed by atoms with Crippen molar-refractivity contribution < 1.29 is 22.3 Å². The molecule has 0 fully saturated rings. The molecule has 0 bridgehead atoms. The standard InChI is InChI=1S/C11H13NO6S/c1-11(2,19(16,17)18-3)9-4-5-10(12(14)15)8(6-9)7-13/h4-7H,1-3H3. The third-order valence-electron chi connectivity index (χ3n) is 2.89. The zero-order valence-corrected chi connectivity index (χ0v) is 11.4. The van der Waals surface area contributed by atoms with Gasteiger partial charge in [-0.05, 0) is 25.5 Å². The quantitative estimate of drug-likeness (QED) is 0.353.